The summed E-state index contributed by atoms with van der Waals surface area (Å²) >= 11 is 5.94. The van der Waals surface area contributed by atoms with Gasteiger partial charge in [0.1, 0.15) is 5.75 Å². The van der Waals surface area contributed by atoms with Gasteiger partial charge in [-0.1, -0.05) is 36.6 Å². The molecule has 1 atom stereocenters. The van der Waals surface area contributed by atoms with Gasteiger partial charge in [-0.05, 0) is 60.7 Å². The number of nitrogens with one attached hydrogen (secondary N) is 1. The summed E-state index contributed by atoms with van der Waals surface area (Å²) in [5.74, 6) is -0.333. The molecule has 0 aliphatic heterocycles. The highest BCUT2D eigenvalue weighted by Crippen LogP contribution is 2.37. The third-order valence-corrected chi connectivity index (χ3v) is 6.46. The molecule has 0 heterocycles. The molecule has 0 saturated heterocycles. The van der Waals surface area contributed by atoms with Crippen molar-refractivity contribution in [2.75, 3.05) is 0 Å². The van der Waals surface area contributed by atoms with E-state index in [2.05, 4.69) is 9.46 Å². The Bertz CT molecular complexity index is 894. The first-order valence-electron chi connectivity index (χ1n) is 8.78. The van der Waals surface area contributed by atoms with E-state index in [4.69, 9.17) is 11.6 Å². The average molecular weight is 434 g/mol. The summed E-state index contributed by atoms with van der Waals surface area (Å²) < 4.78 is 69.0. The lowest BCUT2D eigenvalue weighted by molar-refractivity contribution is -0.274. The Kier molecular flexibility index (Phi) is 6.21. The molecule has 2 aromatic carbocycles. The zero-order valence-electron chi connectivity index (χ0n) is 14.7. The highest BCUT2D eigenvalue weighted by atomic mass is 35.5. The van der Waals surface area contributed by atoms with Crippen LogP contribution in [0.2, 0.25) is 5.02 Å². The highest BCUT2D eigenvalue weighted by molar-refractivity contribution is 7.89. The number of alkyl halides is 3. The van der Waals surface area contributed by atoms with Gasteiger partial charge < -0.3 is 4.74 Å². The molecule has 0 amide bonds. The van der Waals surface area contributed by atoms with Crippen molar-refractivity contribution < 1.29 is 26.3 Å². The van der Waals surface area contributed by atoms with E-state index in [0.29, 0.717) is 5.02 Å². The number of rotatable bonds is 6. The molecule has 28 heavy (non-hydrogen) atoms. The van der Waals surface area contributed by atoms with E-state index in [-0.39, 0.29) is 10.8 Å². The van der Waals surface area contributed by atoms with Crippen molar-refractivity contribution in [3.05, 3.63) is 59.1 Å². The maximum Gasteiger partial charge on any atom is 0.573 e. The molecule has 9 heteroatoms. The predicted molar refractivity (Wildman–Crippen MR) is 99.6 cm³/mol. The second kappa shape index (κ2) is 8.31. The lowest BCUT2D eigenvalue weighted by atomic mass is 9.93. The molecule has 0 spiro atoms. The third-order valence-electron chi connectivity index (χ3n) is 4.75. The van der Waals surface area contributed by atoms with Gasteiger partial charge in [-0.15, -0.1) is 13.2 Å². The predicted octanol–water partition coefficient (Wildman–Crippen LogP) is 5.45. The maximum atomic E-state index is 12.8. The molecule has 1 aliphatic rings. The van der Waals surface area contributed by atoms with E-state index in [1.807, 2.05) is 0 Å². The molecular formula is C19H19ClF3NO3S. The minimum atomic E-state index is -4.83. The number of halogens is 4. The van der Waals surface area contributed by atoms with Crippen LogP contribution in [0.4, 0.5) is 13.2 Å². The van der Waals surface area contributed by atoms with Gasteiger partial charge in [0.2, 0.25) is 10.0 Å². The minimum Gasteiger partial charge on any atom is -0.406 e. The van der Waals surface area contributed by atoms with Gasteiger partial charge in [-0.2, -0.15) is 0 Å². The van der Waals surface area contributed by atoms with Crippen LogP contribution in [0, 0.1) is 5.92 Å². The second-order valence-corrected chi connectivity index (χ2v) is 8.86. The van der Waals surface area contributed by atoms with Gasteiger partial charge in [0.05, 0.1) is 4.90 Å². The van der Waals surface area contributed by atoms with Crippen LogP contribution in [-0.2, 0) is 10.0 Å². The lowest BCUT2D eigenvalue weighted by Crippen LogP contribution is -2.32. The molecule has 0 aromatic heterocycles. The normalized spacial score (nSPS) is 16.9. The van der Waals surface area contributed by atoms with Gasteiger partial charge in [0, 0.05) is 11.1 Å². The van der Waals surface area contributed by atoms with E-state index >= 15 is 0 Å². The Hall–Kier alpha value is -1.77. The van der Waals surface area contributed by atoms with Gasteiger partial charge in [-0.3, -0.25) is 0 Å². The Morgan fingerprint density at radius 2 is 1.57 bits per heavy atom. The van der Waals surface area contributed by atoms with Crippen LogP contribution in [0.3, 0.4) is 0 Å². The number of sulfonamides is 1. The van der Waals surface area contributed by atoms with Crippen LogP contribution < -0.4 is 9.46 Å². The van der Waals surface area contributed by atoms with Crippen molar-refractivity contribution in [3.63, 3.8) is 0 Å². The largest absolute Gasteiger partial charge is 0.573 e. The van der Waals surface area contributed by atoms with Crippen molar-refractivity contribution in [3.8, 4) is 5.75 Å². The number of ether oxygens (including phenoxy) is 1. The SMILES string of the molecule is O=S(=O)(NC(c1ccc(Cl)cc1)C1CCCC1)c1ccc(OC(F)(F)F)cc1. The molecule has 1 saturated carbocycles. The number of hydrogen-bond acceptors (Lipinski definition) is 3. The first-order valence-corrected chi connectivity index (χ1v) is 10.6. The summed E-state index contributed by atoms with van der Waals surface area (Å²) in [4.78, 5) is -0.126. The molecule has 2 aromatic rings. The van der Waals surface area contributed by atoms with Crippen molar-refractivity contribution in [1.29, 1.82) is 0 Å². The van der Waals surface area contributed by atoms with Gasteiger partial charge in [0.15, 0.2) is 0 Å². The molecule has 152 valence electrons. The quantitative estimate of drug-likeness (QED) is 0.659. The first kappa shape index (κ1) is 21.0. The van der Waals surface area contributed by atoms with Gasteiger partial charge >= 0.3 is 6.36 Å². The lowest BCUT2D eigenvalue weighted by Gasteiger charge is -2.25. The monoisotopic (exact) mass is 433 g/mol. The Balaban J connectivity index is 1.83. The summed E-state index contributed by atoms with van der Waals surface area (Å²) in [6.45, 7) is 0. The summed E-state index contributed by atoms with van der Waals surface area (Å²) in [5.41, 5.74) is 0.803. The fourth-order valence-corrected chi connectivity index (χ4v) is 4.87. The molecule has 1 N–H and O–H groups in total. The van der Waals surface area contributed by atoms with Gasteiger partial charge in [-0.25, -0.2) is 13.1 Å². The summed E-state index contributed by atoms with van der Waals surface area (Å²) in [6.07, 6.45) is -0.983. The smallest absolute Gasteiger partial charge is 0.406 e. The zero-order chi connectivity index (χ0) is 20.4. The third kappa shape index (κ3) is 5.40. The van der Waals surface area contributed by atoms with Gasteiger partial charge in [0.25, 0.3) is 0 Å². The standard InChI is InChI=1S/C19H19ClF3NO3S/c20-15-7-5-14(6-8-15)18(13-3-1-2-4-13)24-28(25,26)17-11-9-16(10-12-17)27-19(21,22)23/h5-13,18,24H,1-4H2. The van der Waals surface area contributed by atoms with Crippen LogP contribution in [0.25, 0.3) is 0 Å². The molecule has 1 aliphatic carbocycles. The Morgan fingerprint density at radius 1 is 1.00 bits per heavy atom. The summed E-state index contributed by atoms with van der Waals surface area (Å²) in [5, 5.41) is 0.553. The van der Waals surface area contributed by atoms with Crippen LogP contribution in [0.5, 0.6) is 5.75 Å². The maximum absolute atomic E-state index is 12.8. The second-order valence-electron chi connectivity index (χ2n) is 6.71. The van der Waals surface area contributed by atoms with E-state index in [1.165, 1.54) is 0 Å². The number of benzene rings is 2. The topological polar surface area (TPSA) is 55.4 Å². The molecule has 1 fully saturated rings. The molecule has 4 nitrogen and oxygen atoms in total. The van der Waals surface area contributed by atoms with Crippen molar-refractivity contribution >= 4 is 21.6 Å². The van der Waals surface area contributed by atoms with Crippen LogP contribution >= 0.6 is 11.6 Å². The van der Waals surface area contributed by atoms with Crippen LogP contribution in [0.1, 0.15) is 37.3 Å². The van der Waals surface area contributed by atoms with Crippen LogP contribution in [0.15, 0.2) is 53.4 Å². The minimum absolute atomic E-state index is 0.126. The molecule has 3 rings (SSSR count). The fourth-order valence-electron chi connectivity index (χ4n) is 3.45. The highest BCUT2D eigenvalue weighted by Gasteiger charge is 2.32. The fraction of sp³-hybridized carbons (Fsp3) is 0.368. The molecule has 0 radical (unpaired) electrons. The Labute approximate surface area is 166 Å². The number of hydrogen-bond donors (Lipinski definition) is 1. The zero-order valence-corrected chi connectivity index (χ0v) is 16.3. The molecule has 1 unspecified atom stereocenters. The van der Waals surface area contributed by atoms with E-state index < -0.39 is 28.2 Å². The first-order chi connectivity index (χ1) is 13.1. The van der Waals surface area contributed by atoms with Crippen molar-refractivity contribution in [2.45, 2.75) is 43.0 Å². The van der Waals surface area contributed by atoms with E-state index in [1.54, 1.807) is 24.3 Å². The summed E-state index contributed by atoms with van der Waals surface area (Å²) in [7, 11) is -3.94. The van der Waals surface area contributed by atoms with Crippen LogP contribution in [-0.4, -0.2) is 14.8 Å². The van der Waals surface area contributed by atoms with E-state index in [9.17, 15) is 21.6 Å². The van der Waals surface area contributed by atoms with E-state index in [0.717, 1.165) is 55.5 Å². The summed E-state index contributed by atoms with van der Waals surface area (Å²) in [6, 6.07) is 10.7. The Morgan fingerprint density at radius 3 is 2.11 bits per heavy atom. The van der Waals surface area contributed by atoms with Crippen molar-refractivity contribution in [1.82, 2.24) is 4.72 Å². The van der Waals surface area contributed by atoms with Crippen molar-refractivity contribution in [2.24, 2.45) is 5.92 Å². The molecule has 0 bridgehead atoms. The molecular weight excluding hydrogens is 415 g/mol. The average Bonchev–Trinajstić information content (AvgIpc) is 3.14.